The van der Waals surface area contributed by atoms with Crippen molar-refractivity contribution in [2.24, 2.45) is 0 Å². The molecule has 50 heavy (non-hydrogen) atoms. The van der Waals surface area contributed by atoms with Crippen LogP contribution in [0.1, 0.15) is 0 Å². The van der Waals surface area contributed by atoms with Crippen LogP contribution in [0, 0.1) is 0 Å². The minimum Gasteiger partial charge on any atom is -0.0616 e. The van der Waals surface area contributed by atoms with E-state index < -0.39 is 0 Å². The van der Waals surface area contributed by atoms with E-state index in [2.05, 4.69) is 194 Å². The van der Waals surface area contributed by atoms with Crippen LogP contribution in [-0.4, -0.2) is 0 Å². The minimum absolute atomic E-state index is 1.22. The second kappa shape index (κ2) is 11.6. The van der Waals surface area contributed by atoms with Gasteiger partial charge in [-0.05, 0) is 135 Å². The van der Waals surface area contributed by atoms with Crippen molar-refractivity contribution in [3.05, 3.63) is 194 Å². The largest absolute Gasteiger partial charge is 0.0616 e. The average molecular weight is 633 g/mol. The summed E-state index contributed by atoms with van der Waals surface area (Å²) in [7, 11) is 0. The summed E-state index contributed by atoms with van der Waals surface area (Å²) in [6.07, 6.45) is 0. The molecule has 10 aromatic rings. The zero-order chi connectivity index (χ0) is 33.0. The van der Waals surface area contributed by atoms with Crippen molar-refractivity contribution in [2.45, 2.75) is 0 Å². The van der Waals surface area contributed by atoms with Gasteiger partial charge in [0.15, 0.2) is 0 Å². The quantitative estimate of drug-likeness (QED) is 0.169. The number of fused-ring (bicyclic) bond motifs is 5. The zero-order valence-corrected chi connectivity index (χ0v) is 27.5. The molecule has 0 spiro atoms. The van der Waals surface area contributed by atoms with Gasteiger partial charge in [0, 0.05) is 0 Å². The van der Waals surface area contributed by atoms with Gasteiger partial charge >= 0.3 is 0 Å². The lowest BCUT2D eigenvalue weighted by atomic mass is 9.84. The summed E-state index contributed by atoms with van der Waals surface area (Å²) in [6, 6.07) is 71.5. The first-order valence-electron chi connectivity index (χ1n) is 17.3. The van der Waals surface area contributed by atoms with Crippen molar-refractivity contribution >= 4 is 53.9 Å². The topological polar surface area (TPSA) is 0 Å². The first kappa shape index (κ1) is 28.5. The molecule has 0 atom stereocenters. The fourth-order valence-corrected chi connectivity index (χ4v) is 7.93. The van der Waals surface area contributed by atoms with Gasteiger partial charge in [0.1, 0.15) is 0 Å². The maximum atomic E-state index is 2.41. The number of hydrogen-bond donors (Lipinski definition) is 0. The molecule has 0 aliphatic heterocycles. The van der Waals surface area contributed by atoms with Gasteiger partial charge in [-0.25, -0.2) is 0 Å². The summed E-state index contributed by atoms with van der Waals surface area (Å²) >= 11 is 0. The van der Waals surface area contributed by atoms with Gasteiger partial charge in [-0.1, -0.05) is 158 Å². The molecule has 0 unspecified atom stereocenters. The summed E-state index contributed by atoms with van der Waals surface area (Å²) in [5.41, 5.74) is 9.90. The predicted octanol–water partition coefficient (Wildman–Crippen LogP) is 14.1. The monoisotopic (exact) mass is 632 g/mol. The van der Waals surface area contributed by atoms with Crippen LogP contribution in [0.15, 0.2) is 194 Å². The Bertz CT molecular complexity index is 2730. The van der Waals surface area contributed by atoms with Crippen LogP contribution in [0.4, 0.5) is 0 Å². The molecule has 0 nitrogen and oxygen atoms in total. The van der Waals surface area contributed by atoms with Crippen molar-refractivity contribution in [3.8, 4) is 44.5 Å². The maximum absolute atomic E-state index is 2.41. The smallest absolute Gasteiger partial charge is 0.00259 e. The lowest BCUT2D eigenvalue weighted by Gasteiger charge is -2.19. The van der Waals surface area contributed by atoms with Gasteiger partial charge in [-0.15, -0.1) is 0 Å². The predicted molar refractivity (Wildman–Crippen MR) is 216 cm³/mol. The highest BCUT2D eigenvalue weighted by molar-refractivity contribution is 6.23. The molecule has 0 amide bonds. The minimum atomic E-state index is 1.22. The highest BCUT2D eigenvalue weighted by Gasteiger charge is 2.18. The normalized spacial score (nSPS) is 11.6. The molecule has 0 aliphatic carbocycles. The van der Waals surface area contributed by atoms with Crippen molar-refractivity contribution in [3.63, 3.8) is 0 Å². The van der Waals surface area contributed by atoms with Gasteiger partial charge in [0.25, 0.3) is 0 Å². The second-order valence-corrected chi connectivity index (χ2v) is 13.3. The van der Waals surface area contributed by atoms with E-state index in [1.54, 1.807) is 0 Å². The number of benzene rings is 10. The van der Waals surface area contributed by atoms with Crippen molar-refractivity contribution in [1.82, 2.24) is 0 Å². The van der Waals surface area contributed by atoms with E-state index in [1.807, 2.05) is 0 Å². The highest BCUT2D eigenvalue weighted by atomic mass is 14.2. The number of hydrogen-bond acceptors (Lipinski definition) is 0. The Morgan fingerprint density at radius 1 is 0.180 bits per heavy atom. The summed E-state index contributed by atoms with van der Waals surface area (Å²) in [4.78, 5) is 0. The Kier molecular flexibility index (Phi) is 6.60. The van der Waals surface area contributed by atoms with E-state index in [0.29, 0.717) is 0 Å². The van der Waals surface area contributed by atoms with E-state index in [4.69, 9.17) is 0 Å². The molecule has 0 bridgehead atoms. The SMILES string of the molecule is c1cc(-c2ccc3ccccc3c2)cc(-c2c3ccccc3c(-c3cccc(-c4ccc5ccccc5c4)c3)c3cc4ccccc4cc23)c1. The van der Waals surface area contributed by atoms with Gasteiger partial charge in [0.05, 0.1) is 0 Å². The van der Waals surface area contributed by atoms with Gasteiger partial charge in [-0.2, -0.15) is 0 Å². The first-order chi connectivity index (χ1) is 24.8. The van der Waals surface area contributed by atoms with Crippen molar-refractivity contribution in [1.29, 1.82) is 0 Å². The Morgan fingerprint density at radius 2 is 0.520 bits per heavy atom. The average Bonchev–Trinajstić information content (AvgIpc) is 3.19. The van der Waals surface area contributed by atoms with Crippen LogP contribution >= 0.6 is 0 Å². The van der Waals surface area contributed by atoms with Crippen LogP contribution in [0.25, 0.3) is 98.4 Å². The lowest BCUT2D eigenvalue weighted by Crippen LogP contribution is -1.92. The standard InChI is InChI=1S/C50H32/c1-3-13-35-27-41(25-23-33(35)11-1)37-17-9-19-43(29-37)49-45-21-7-8-22-46(45)50(48-32-40-16-6-5-15-39(40)31-47(48)49)44-20-10-18-38(30-44)42-26-24-34-12-2-4-14-36(34)28-42/h1-32H. The molecule has 0 aliphatic rings. The van der Waals surface area contributed by atoms with Crippen LogP contribution in [0.3, 0.4) is 0 Å². The molecular formula is C50H32. The molecule has 0 fully saturated rings. The van der Waals surface area contributed by atoms with Crippen molar-refractivity contribution in [2.75, 3.05) is 0 Å². The zero-order valence-electron chi connectivity index (χ0n) is 27.5. The molecule has 0 aromatic heterocycles. The molecule has 0 saturated heterocycles. The fourth-order valence-electron chi connectivity index (χ4n) is 7.93. The van der Waals surface area contributed by atoms with E-state index >= 15 is 0 Å². The Labute approximate surface area is 291 Å². The van der Waals surface area contributed by atoms with E-state index in [1.165, 1.54) is 98.4 Å². The fraction of sp³-hybridized carbons (Fsp3) is 0. The van der Waals surface area contributed by atoms with Gasteiger partial charge in [0.2, 0.25) is 0 Å². The molecule has 0 N–H and O–H groups in total. The summed E-state index contributed by atoms with van der Waals surface area (Å²) < 4.78 is 0. The Morgan fingerprint density at radius 3 is 0.960 bits per heavy atom. The third-order valence-corrected chi connectivity index (χ3v) is 10.4. The van der Waals surface area contributed by atoms with Crippen LogP contribution in [0.2, 0.25) is 0 Å². The van der Waals surface area contributed by atoms with Crippen molar-refractivity contribution < 1.29 is 0 Å². The van der Waals surface area contributed by atoms with E-state index in [-0.39, 0.29) is 0 Å². The van der Waals surface area contributed by atoms with E-state index in [9.17, 15) is 0 Å². The first-order valence-corrected chi connectivity index (χ1v) is 17.3. The summed E-state index contributed by atoms with van der Waals surface area (Å²) in [5, 5.41) is 12.6. The van der Waals surface area contributed by atoms with E-state index in [0.717, 1.165) is 0 Å². The Hall–Kier alpha value is -6.50. The molecule has 10 aromatic carbocycles. The molecule has 0 radical (unpaired) electrons. The Balaban J connectivity index is 1.23. The molecule has 0 saturated carbocycles. The number of rotatable bonds is 4. The molecule has 0 heterocycles. The van der Waals surface area contributed by atoms with Crippen LogP contribution in [0.5, 0.6) is 0 Å². The summed E-state index contributed by atoms with van der Waals surface area (Å²) in [5.74, 6) is 0. The molecule has 10 rings (SSSR count). The van der Waals surface area contributed by atoms with Crippen LogP contribution < -0.4 is 0 Å². The lowest BCUT2D eigenvalue weighted by molar-refractivity contribution is 1.62. The third-order valence-electron chi connectivity index (χ3n) is 10.4. The van der Waals surface area contributed by atoms with Gasteiger partial charge in [-0.3, -0.25) is 0 Å². The van der Waals surface area contributed by atoms with Gasteiger partial charge < -0.3 is 0 Å². The highest BCUT2D eigenvalue weighted by Crippen LogP contribution is 2.46. The molecule has 232 valence electrons. The summed E-state index contributed by atoms with van der Waals surface area (Å²) in [6.45, 7) is 0. The molecular weight excluding hydrogens is 601 g/mol. The second-order valence-electron chi connectivity index (χ2n) is 13.3. The van der Waals surface area contributed by atoms with Crippen LogP contribution in [-0.2, 0) is 0 Å². The molecule has 0 heteroatoms. The maximum Gasteiger partial charge on any atom is -0.00259 e. The third kappa shape index (κ3) is 4.77.